The molecule has 2 aliphatic rings. The summed E-state index contributed by atoms with van der Waals surface area (Å²) >= 11 is 0. The van der Waals surface area contributed by atoms with E-state index < -0.39 is 17.4 Å². The van der Waals surface area contributed by atoms with E-state index in [1.165, 1.54) is 33.0 Å². The maximum absolute atomic E-state index is 12.3. The number of ether oxygens (including phenoxy) is 2. The summed E-state index contributed by atoms with van der Waals surface area (Å²) in [5, 5.41) is 4.65. The van der Waals surface area contributed by atoms with Crippen molar-refractivity contribution in [3.63, 3.8) is 0 Å². The number of carbonyl (C=O) groups is 2. The third-order valence-corrected chi connectivity index (χ3v) is 8.82. The minimum Gasteiger partial charge on any atom is -0.454 e. The van der Waals surface area contributed by atoms with Gasteiger partial charge in [0, 0.05) is 17.6 Å². The third kappa shape index (κ3) is 4.70. The molecule has 220 valence electrons. The largest absolute Gasteiger partial charge is 0.454 e. The Balaban J connectivity index is 1.48. The molecule has 45 heavy (non-hydrogen) atoms. The molecular weight excluding hydrogens is 556 g/mol. The lowest BCUT2D eigenvalue weighted by molar-refractivity contribution is -0.142. The Labute approximate surface area is 262 Å². The second-order valence-electron chi connectivity index (χ2n) is 11.9. The molecule has 0 saturated carbocycles. The van der Waals surface area contributed by atoms with Crippen molar-refractivity contribution in [2.75, 3.05) is 0 Å². The van der Waals surface area contributed by atoms with Crippen LogP contribution in [0.3, 0.4) is 0 Å². The van der Waals surface area contributed by atoms with Gasteiger partial charge in [0.05, 0.1) is 5.41 Å². The fourth-order valence-electron chi connectivity index (χ4n) is 6.65. The third-order valence-electron chi connectivity index (χ3n) is 8.82. The maximum atomic E-state index is 12.3. The molecule has 1 unspecified atom stereocenters. The van der Waals surface area contributed by atoms with Crippen LogP contribution < -0.4 is 4.74 Å². The molecule has 0 fully saturated rings. The molecule has 4 nitrogen and oxygen atoms in total. The predicted molar refractivity (Wildman–Crippen MR) is 180 cm³/mol. The van der Waals surface area contributed by atoms with Gasteiger partial charge < -0.3 is 9.47 Å². The lowest BCUT2D eigenvalue weighted by Gasteiger charge is -2.36. The second kappa shape index (κ2) is 10.9. The molecule has 7 rings (SSSR count). The highest BCUT2D eigenvalue weighted by atomic mass is 16.5. The zero-order chi connectivity index (χ0) is 31.3. The molecule has 0 heterocycles. The first-order valence-electron chi connectivity index (χ1n) is 15.1. The molecule has 2 aliphatic carbocycles. The molecule has 0 N–H and O–H groups in total. The van der Waals surface area contributed by atoms with E-state index in [1.807, 2.05) is 30.3 Å². The Morgan fingerprint density at radius 3 is 1.69 bits per heavy atom. The first-order valence-corrected chi connectivity index (χ1v) is 15.1. The van der Waals surface area contributed by atoms with Gasteiger partial charge in [-0.05, 0) is 111 Å². The number of carbonyl (C=O) groups excluding carboxylic acids is 2. The molecule has 0 amide bonds. The van der Waals surface area contributed by atoms with Crippen LogP contribution in [0.15, 0.2) is 145 Å². The molecule has 0 spiro atoms. The van der Waals surface area contributed by atoms with Gasteiger partial charge in [0.1, 0.15) is 11.9 Å². The highest BCUT2D eigenvalue weighted by Crippen LogP contribution is 2.58. The van der Waals surface area contributed by atoms with Crippen molar-refractivity contribution in [2.45, 2.75) is 31.8 Å². The van der Waals surface area contributed by atoms with Gasteiger partial charge in [-0.2, -0.15) is 0 Å². The number of hydrogen-bond donors (Lipinski definition) is 0. The van der Waals surface area contributed by atoms with Crippen molar-refractivity contribution in [3.8, 4) is 16.9 Å². The van der Waals surface area contributed by atoms with E-state index in [0.717, 1.165) is 21.9 Å². The number of esters is 2. The van der Waals surface area contributed by atoms with Crippen molar-refractivity contribution in [3.05, 3.63) is 162 Å². The quantitative estimate of drug-likeness (QED) is 0.113. The van der Waals surface area contributed by atoms with Gasteiger partial charge in [-0.15, -0.1) is 0 Å². The molecule has 1 atom stereocenters. The van der Waals surface area contributed by atoms with Gasteiger partial charge in [0.2, 0.25) is 0 Å². The smallest absolute Gasteiger partial charge is 0.338 e. The molecule has 5 aromatic rings. The van der Waals surface area contributed by atoms with Crippen LogP contribution >= 0.6 is 0 Å². The van der Waals surface area contributed by atoms with Crippen molar-refractivity contribution >= 4 is 33.5 Å². The highest BCUT2D eigenvalue weighted by Gasteiger charge is 2.47. The van der Waals surface area contributed by atoms with E-state index in [9.17, 15) is 9.59 Å². The Morgan fingerprint density at radius 2 is 1.22 bits per heavy atom. The molecule has 0 radical (unpaired) electrons. The molecule has 0 aromatic heterocycles. The van der Waals surface area contributed by atoms with Crippen LogP contribution in [-0.2, 0) is 19.7 Å². The van der Waals surface area contributed by atoms with E-state index >= 15 is 0 Å². The summed E-state index contributed by atoms with van der Waals surface area (Å²) in [6.07, 6.45) is 6.41. The van der Waals surface area contributed by atoms with Crippen LogP contribution in [0.1, 0.15) is 37.0 Å². The molecule has 0 aliphatic heterocycles. The Hall–Kier alpha value is -5.48. The number of fused-ring (bicyclic) bond motifs is 5. The minimum absolute atomic E-state index is 0.340. The number of rotatable bonds is 6. The molecular formula is C41H32O4. The Morgan fingerprint density at radius 1 is 0.711 bits per heavy atom. The van der Waals surface area contributed by atoms with Gasteiger partial charge >= 0.3 is 11.9 Å². The highest BCUT2D eigenvalue weighted by molar-refractivity contribution is 6.00. The Bertz CT molecular complexity index is 2040. The van der Waals surface area contributed by atoms with Gasteiger partial charge in [-0.1, -0.05) is 86.0 Å². The van der Waals surface area contributed by atoms with E-state index in [0.29, 0.717) is 23.3 Å². The van der Waals surface area contributed by atoms with Crippen LogP contribution in [0.5, 0.6) is 5.75 Å². The van der Waals surface area contributed by atoms with Crippen LogP contribution in [0, 0.1) is 0 Å². The standard InChI is InChI=1S/C41H32O4/c1-25(2)39(42)44-33-17-13-31(14-18-33)41(32-15-19-34(20-16-32)45-40(43)26(3)4)37-23-29-11-7-5-9-27(29)21-35(37)36-22-28-10-6-8-12-30(28)24-38(36)41/h5-19,21-24,34H,1,3,20H2,2,4H3. The summed E-state index contributed by atoms with van der Waals surface area (Å²) in [7, 11) is 0. The summed E-state index contributed by atoms with van der Waals surface area (Å²) in [6.45, 7) is 10.7. The van der Waals surface area contributed by atoms with Crippen molar-refractivity contribution < 1.29 is 19.1 Å². The summed E-state index contributed by atoms with van der Waals surface area (Å²) in [4.78, 5) is 24.7. The van der Waals surface area contributed by atoms with Crippen LogP contribution in [0.25, 0.3) is 32.7 Å². The number of benzene rings is 5. The van der Waals surface area contributed by atoms with Crippen LogP contribution in [0.2, 0.25) is 0 Å². The SMILES string of the molecule is C=C(C)C(=O)Oc1ccc(C2(C3=CCC(OC(=O)C(=C)C)C=C3)c3cc4ccccc4cc3-c3cc4ccccc4cc32)cc1. The maximum Gasteiger partial charge on any atom is 0.338 e. The first kappa shape index (κ1) is 28.3. The number of allylic oxidation sites excluding steroid dienone is 2. The topological polar surface area (TPSA) is 52.6 Å². The summed E-state index contributed by atoms with van der Waals surface area (Å²) < 4.78 is 11.3. The normalized spacial score (nSPS) is 16.0. The average molecular weight is 589 g/mol. The zero-order valence-corrected chi connectivity index (χ0v) is 25.3. The molecule has 5 aromatic carbocycles. The summed E-state index contributed by atoms with van der Waals surface area (Å²) in [5.41, 5.74) is 6.86. The fraction of sp³-hybridized carbons (Fsp3) is 0.122. The lowest BCUT2D eigenvalue weighted by Crippen LogP contribution is -2.31. The minimum atomic E-state index is -0.685. The Kier molecular flexibility index (Phi) is 6.86. The van der Waals surface area contributed by atoms with Gasteiger partial charge in [0.15, 0.2) is 0 Å². The monoisotopic (exact) mass is 588 g/mol. The summed E-state index contributed by atoms with van der Waals surface area (Å²) in [5.74, 6) is -0.400. The zero-order valence-electron chi connectivity index (χ0n) is 25.3. The van der Waals surface area contributed by atoms with Crippen molar-refractivity contribution in [1.29, 1.82) is 0 Å². The second-order valence-corrected chi connectivity index (χ2v) is 11.9. The predicted octanol–water partition coefficient (Wildman–Crippen LogP) is 9.16. The van der Waals surface area contributed by atoms with Gasteiger partial charge in [0.25, 0.3) is 0 Å². The van der Waals surface area contributed by atoms with Crippen LogP contribution in [-0.4, -0.2) is 18.0 Å². The van der Waals surface area contributed by atoms with Crippen molar-refractivity contribution in [1.82, 2.24) is 0 Å². The lowest BCUT2D eigenvalue weighted by atomic mass is 9.65. The van der Waals surface area contributed by atoms with E-state index in [2.05, 4.69) is 98.1 Å². The van der Waals surface area contributed by atoms with Gasteiger partial charge in [-0.3, -0.25) is 0 Å². The molecule has 0 saturated heterocycles. The van der Waals surface area contributed by atoms with E-state index in [1.54, 1.807) is 13.8 Å². The van der Waals surface area contributed by atoms with Crippen molar-refractivity contribution in [2.24, 2.45) is 0 Å². The van der Waals surface area contributed by atoms with Crippen LogP contribution in [0.4, 0.5) is 0 Å². The first-order chi connectivity index (χ1) is 21.8. The average Bonchev–Trinajstić information content (AvgIpc) is 3.32. The number of hydrogen-bond acceptors (Lipinski definition) is 4. The van der Waals surface area contributed by atoms with Gasteiger partial charge in [-0.25, -0.2) is 9.59 Å². The fourth-order valence-corrected chi connectivity index (χ4v) is 6.65. The van der Waals surface area contributed by atoms with E-state index in [4.69, 9.17) is 9.47 Å². The summed E-state index contributed by atoms with van der Waals surface area (Å²) in [6, 6.07) is 33.9. The molecule has 4 heteroatoms. The van der Waals surface area contributed by atoms with E-state index in [-0.39, 0.29) is 6.10 Å². The molecule has 0 bridgehead atoms.